The summed E-state index contributed by atoms with van der Waals surface area (Å²) in [5.41, 5.74) is -0.837. The normalized spacial score (nSPS) is 11.6. The van der Waals surface area contributed by atoms with Gasteiger partial charge in [-0.15, -0.1) is 11.3 Å². The van der Waals surface area contributed by atoms with Crippen molar-refractivity contribution in [3.63, 3.8) is 0 Å². The molecule has 2 aromatic heterocycles. The van der Waals surface area contributed by atoms with E-state index in [9.17, 15) is 4.79 Å². The average Bonchev–Trinajstić information content (AvgIpc) is 3.14. The Kier molecular flexibility index (Phi) is 5.12. The quantitative estimate of drug-likeness (QED) is 0.734. The summed E-state index contributed by atoms with van der Waals surface area (Å²) in [6, 6.07) is 4.01. The SMILES string of the molecule is CCOC(=O)C(CC)(CC)c1nc(Cc2cccs2)no1. The fraction of sp³-hybridized carbons (Fsp3) is 0.533. The summed E-state index contributed by atoms with van der Waals surface area (Å²) < 4.78 is 10.6. The molecule has 0 N–H and O–H groups in total. The summed E-state index contributed by atoms with van der Waals surface area (Å²) >= 11 is 1.65. The fourth-order valence-electron chi connectivity index (χ4n) is 2.29. The smallest absolute Gasteiger partial charge is 0.321 e. The molecule has 2 rings (SSSR count). The van der Waals surface area contributed by atoms with Gasteiger partial charge in [0, 0.05) is 11.3 Å². The molecule has 0 unspecified atom stereocenters. The van der Waals surface area contributed by atoms with Gasteiger partial charge in [-0.25, -0.2) is 0 Å². The molecule has 0 aliphatic rings. The van der Waals surface area contributed by atoms with Gasteiger partial charge < -0.3 is 9.26 Å². The van der Waals surface area contributed by atoms with Crippen molar-refractivity contribution >= 4 is 17.3 Å². The third kappa shape index (κ3) is 3.15. The molecular formula is C15H20N2O3S. The number of rotatable bonds is 7. The third-order valence-corrected chi connectivity index (χ3v) is 4.54. The molecular weight excluding hydrogens is 288 g/mol. The monoisotopic (exact) mass is 308 g/mol. The summed E-state index contributed by atoms with van der Waals surface area (Å²) in [5.74, 6) is 0.668. The van der Waals surface area contributed by atoms with Crippen LogP contribution in [0, 0.1) is 0 Å². The first-order valence-corrected chi connectivity index (χ1v) is 8.06. The fourth-order valence-corrected chi connectivity index (χ4v) is 2.99. The first-order valence-electron chi connectivity index (χ1n) is 7.19. The van der Waals surface area contributed by atoms with E-state index in [1.807, 2.05) is 31.4 Å². The van der Waals surface area contributed by atoms with Crippen LogP contribution in [0.4, 0.5) is 0 Å². The van der Waals surface area contributed by atoms with E-state index in [4.69, 9.17) is 9.26 Å². The number of esters is 1. The number of aromatic nitrogens is 2. The second-order valence-corrected chi connectivity index (χ2v) is 5.81. The predicted molar refractivity (Wildman–Crippen MR) is 80.3 cm³/mol. The molecule has 0 atom stereocenters. The minimum Gasteiger partial charge on any atom is -0.465 e. The van der Waals surface area contributed by atoms with Crippen molar-refractivity contribution in [2.75, 3.05) is 6.61 Å². The molecule has 0 bridgehead atoms. The number of hydrogen-bond acceptors (Lipinski definition) is 6. The lowest BCUT2D eigenvalue weighted by Gasteiger charge is -2.24. The molecule has 6 heteroatoms. The van der Waals surface area contributed by atoms with Gasteiger partial charge in [0.25, 0.3) is 0 Å². The van der Waals surface area contributed by atoms with E-state index in [1.165, 1.54) is 0 Å². The summed E-state index contributed by atoms with van der Waals surface area (Å²) in [6.07, 6.45) is 1.76. The maximum atomic E-state index is 12.3. The van der Waals surface area contributed by atoms with E-state index in [-0.39, 0.29) is 5.97 Å². The second kappa shape index (κ2) is 6.85. The van der Waals surface area contributed by atoms with E-state index in [0.29, 0.717) is 37.6 Å². The molecule has 0 spiro atoms. The van der Waals surface area contributed by atoms with Crippen molar-refractivity contribution in [3.05, 3.63) is 34.1 Å². The predicted octanol–water partition coefficient (Wildman–Crippen LogP) is 3.34. The van der Waals surface area contributed by atoms with Gasteiger partial charge in [0.05, 0.1) is 6.61 Å². The lowest BCUT2D eigenvalue weighted by Crippen LogP contribution is -2.36. The van der Waals surface area contributed by atoms with Gasteiger partial charge in [-0.2, -0.15) is 4.98 Å². The van der Waals surface area contributed by atoms with Crippen LogP contribution in [0.1, 0.15) is 50.2 Å². The van der Waals surface area contributed by atoms with Crippen molar-refractivity contribution in [1.29, 1.82) is 0 Å². The minimum atomic E-state index is -0.837. The highest BCUT2D eigenvalue weighted by Crippen LogP contribution is 2.32. The summed E-state index contributed by atoms with van der Waals surface area (Å²) in [7, 11) is 0. The Balaban J connectivity index is 2.25. The van der Waals surface area contributed by atoms with Crippen molar-refractivity contribution in [3.8, 4) is 0 Å². The molecule has 0 radical (unpaired) electrons. The van der Waals surface area contributed by atoms with Gasteiger partial charge in [0.2, 0.25) is 5.89 Å². The van der Waals surface area contributed by atoms with E-state index < -0.39 is 5.41 Å². The van der Waals surface area contributed by atoms with E-state index in [2.05, 4.69) is 10.1 Å². The molecule has 0 aromatic carbocycles. The highest BCUT2D eigenvalue weighted by molar-refractivity contribution is 7.09. The Bertz CT molecular complexity index is 574. The van der Waals surface area contributed by atoms with Crippen molar-refractivity contribution in [2.45, 2.75) is 45.4 Å². The Hall–Kier alpha value is -1.69. The zero-order valence-corrected chi connectivity index (χ0v) is 13.4. The molecule has 21 heavy (non-hydrogen) atoms. The third-order valence-electron chi connectivity index (χ3n) is 3.66. The molecule has 0 aliphatic heterocycles. The van der Waals surface area contributed by atoms with E-state index in [0.717, 1.165) is 4.88 Å². The van der Waals surface area contributed by atoms with E-state index >= 15 is 0 Å². The van der Waals surface area contributed by atoms with Crippen molar-refractivity contribution in [2.24, 2.45) is 0 Å². The van der Waals surface area contributed by atoms with Gasteiger partial charge in [-0.1, -0.05) is 25.1 Å². The van der Waals surface area contributed by atoms with Crippen LogP contribution in [-0.2, 0) is 21.4 Å². The maximum Gasteiger partial charge on any atom is 0.321 e. The zero-order valence-electron chi connectivity index (χ0n) is 12.6. The van der Waals surface area contributed by atoms with Gasteiger partial charge in [0.15, 0.2) is 5.82 Å². The van der Waals surface area contributed by atoms with Gasteiger partial charge in [-0.05, 0) is 31.2 Å². The Morgan fingerprint density at radius 1 is 1.38 bits per heavy atom. The molecule has 0 saturated heterocycles. The summed E-state index contributed by atoms with van der Waals surface area (Å²) in [5, 5.41) is 6.02. The molecule has 114 valence electrons. The molecule has 0 fully saturated rings. The highest BCUT2D eigenvalue weighted by Gasteiger charge is 2.43. The Labute approximate surface area is 128 Å². The minimum absolute atomic E-state index is 0.290. The summed E-state index contributed by atoms with van der Waals surface area (Å²) in [4.78, 5) is 17.9. The number of ether oxygens (including phenoxy) is 1. The first kappa shape index (κ1) is 15.7. The van der Waals surface area contributed by atoms with Crippen LogP contribution >= 0.6 is 11.3 Å². The molecule has 5 nitrogen and oxygen atoms in total. The zero-order chi connectivity index (χ0) is 15.3. The molecule has 0 saturated carbocycles. The lowest BCUT2D eigenvalue weighted by molar-refractivity contribution is -0.151. The van der Waals surface area contributed by atoms with Crippen LogP contribution in [0.15, 0.2) is 22.0 Å². The van der Waals surface area contributed by atoms with Crippen LogP contribution in [0.25, 0.3) is 0 Å². The highest BCUT2D eigenvalue weighted by atomic mass is 32.1. The standard InChI is InChI=1S/C15H20N2O3S/c1-4-15(5-2,14(18)19-6-3)13-16-12(17-20-13)10-11-8-7-9-21-11/h7-9H,4-6,10H2,1-3H3. The Morgan fingerprint density at radius 3 is 2.71 bits per heavy atom. The maximum absolute atomic E-state index is 12.3. The van der Waals surface area contributed by atoms with Crippen LogP contribution in [0.5, 0.6) is 0 Å². The number of carbonyl (C=O) groups is 1. The van der Waals surface area contributed by atoms with E-state index in [1.54, 1.807) is 18.3 Å². The topological polar surface area (TPSA) is 65.2 Å². The second-order valence-electron chi connectivity index (χ2n) is 4.78. The number of thiophene rings is 1. The van der Waals surface area contributed by atoms with Gasteiger partial charge >= 0.3 is 5.97 Å². The summed E-state index contributed by atoms with van der Waals surface area (Å²) in [6.45, 7) is 6.01. The Morgan fingerprint density at radius 2 is 2.14 bits per heavy atom. The molecule has 0 aliphatic carbocycles. The first-order chi connectivity index (χ1) is 10.2. The number of nitrogens with zero attached hydrogens (tertiary/aromatic N) is 2. The van der Waals surface area contributed by atoms with Crippen LogP contribution in [0.3, 0.4) is 0 Å². The number of hydrogen-bond donors (Lipinski definition) is 0. The van der Waals surface area contributed by atoms with Crippen molar-refractivity contribution < 1.29 is 14.1 Å². The van der Waals surface area contributed by atoms with Gasteiger partial charge in [0.1, 0.15) is 5.41 Å². The van der Waals surface area contributed by atoms with Crippen LogP contribution < -0.4 is 0 Å². The average molecular weight is 308 g/mol. The van der Waals surface area contributed by atoms with Gasteiger partial charge in [-0.3, -0.25) is 4.79 Å². The van der Waals surface area contributed by atoms with Crippen molar-refractivity contribution in [1.82, 2.24) is 10.1 Å². The van der Waals surface area contributed by atoms with Crippen LogP contribution in [0.2, 0.25) is 0 Å². The number of carbonyl (C=O) groups excluding carboxylic acids is 1. The molecule has 0 amide bonds. The molecule has 2 heterocycles. The largest absolute Gasteiger partial charge is 0.465 e. The lowest BCUT2D eigenvalue weighted by atomic mass is 9.82. The molecule has 2 aromatic rings. The van der Waals surface area contributed by atoms with Crippen LogP contribution in [-0.4, -0.2) is 22.7 Å².